The number of hydrogen-bond donors (Lipinski definition) is 2. The zero-order valence-corrected chi connectivity index (χ0v) is 19.3. The summed E-state index contributed by atoms with van der Waals surface area (Å²) in [4.78, 5) is 25.0. The molecule has 31 heavy (non-hydrogen) atoms. The molecule has 1 aromatic carbocycles. The summed E-state index contributed by atoms with van der Waals surface area (Å²) in [5, 5.41) is 5.92. The summed E-state index contributed by atoms with van der Waals surface area (Å²) in [7, 11) is 0. The summed E-state index contributed by atoms with van der Waals surface area (Å²) in [6.07, 6.45) is 8.01. The summed E-state index contributed by atoms with van der Waals surface area (Å²) < 4.78 is 5.91. The molecule has 2 amide bonds. The molecule has 1 unspecified atom stereocenters. The molecule has 0 saturated heterocycles. The van der Waals surface area contributed by atoms with Gasteiger partial charge in [-0.15, -0.1) is 0 Å². The highest BCUT2D eigenvalue weighted by Crippen LogP contribution is 2.61. The summed E-state index contributed by atoms with van der Waals surface area (Å²) in [5.41, 5.74) is 1.35. The molecule has 0 spiro atoms. The van der Waals surface area contributed by atoms with Gasteiger partial charge in [0.05, 0.1) is 0 Å². The molecule has 4 bridgehead atoms. The first-order chi connectivity index (χ1) is 14.8. The average Bonchev–Trinajstić information content (AvgIpc) is 2.69. The van der Waals surface area contributed by atoms with E-state index in [0.29, 0.717) is 25.4 Å². The third-order valence-corrected chi connectivity index (χ3v) is 7.66. The minimum atomic E-state index is -0.581. The molecular weight excluding hydrogens is 388 g/mol. The van der Waals surface area contributed by atoms with Gasteiger partial charge in [-0.05, 0) is 86.2 Å². The number of ether oxygens (including phenoxy) is 1. The Morgan fingerprint density at radius 3 is 2.16 bits per heavy atom. The minimum Gasteiger partial charge on any atom is -0.481 e. The van der Waals surface area contributed by atoms with Gasteiger partial charge in [0.1, 0.15) is 5.75 Å². The van der Waals surface area contributed by atoms with Crippen LogP contribution < -0.4 is 15.4 Å². The quantitative estimate of drug-likeness (QED) is 0.575. The maximum Gasteiger partial charge on any atom is 0.260 e. The lowest BCUT2D eigenvalue weighted by atomic mass is 9.49. The van der Waals surface area contributed by atoms with Crippen molar-refractivity contribution in [3.63, 3.8) is 0 Å². The fourth-order valence-electron chi connectivity index (χ4n) is 6.75. The molecule has 170 valence electrons. The van der Waals surface area contributed by atoms with Crippen molar-refractivity contribution in [2.24, 2.45) is 23.2 Å². The number of benzene rings is 1. The normalized spacial score (nSPS) is 29.6. The van der Waals surface area contributed by atoms with Crippen LogP contribution in [0.2, 0.25) is 0 Å². The van der Waals surface area contributed by atoms with Crippen LogP contribution in [0.1, 0.15) is 77.2 Å². The molecule has 0 radical (unpaired) electrons. The molecule has 4 fully saturated rings. The molecule has 4 aliphatic rings. The standard InChI is InChI=1S/C26H38N2O3/c1-17(2)22-6-4-5-7-23(22)31-18(3)25(30)28-9-8-27-24(29)16-26-13-19-10-20(14-26)12-21(11-19)15-26/h4-7,17-21H,8-16H2,1-3H3,(H,27,29)(H,28,30). The van der Waals surface area contributed by atoms with Crippen molar-refractivity contribution in [3.8, 4) is 5.75 Å². The Balaban J connectivity index is 1.18. The second kappa shape index (κ2) is 9.22. The van der Waals surface area contributed by atoms with Crippen molar-refractivity contribution >= 4 is 11.8 Å². The monoisotopic (exact) mass is 426 g/mol. The van der Waals surface area contributed by atoms with Crippen molar-refractivity contribution in [2.45, 2.75) is 77.7 Å². The summed E-state index contributed by atoms with van der Waals surface area (Å²) in [6, 6.07) is 7.85. The van der Waals surface area contributed by atoms with Gasteiger partial charge in [0.2, 0.25) is 5.91 Å². The number of carbonyl (C=O) groups is 2. The highest BCUT2D eigenvalue weighted by molar-refractivity contribution is 5.81. The first-order valence-corrected chi connectivity index (χ1v) is 12.1. The van der Waals surface area contributed by atoms with Gasteiger partial charge in [-0.25, -0.2) is 0 Å². The van der Waals surface area contributed by atoms with Crippen LogP contribution in [-0.2, 0) is 9.59 Å². The lowest BCUT2D eigenvalue weighted by Gasteiger charge is -2.56. The minimum absolute atomic E-state index is 0.145. The Hall–Kier alpha value is -2.04. The first kappa shape index (κ1) is 22.2. The molecule has 2 N–H and O–H groups in total. The number of carbonyl (C=O) groups excluding carboxylic acids is 2. The average molecular weight is 427 g/mol. The lowest BCUT2D eigenvalue weighted by molar-refractivity contribution is -0.130. The molecule has 1 atom stereocenters. The van der Waals surface area contributed by atoms with E-state index in [9.17, 15) is 9.59 Å². The smallest absolute Gasteiger partial charge is 0.260 e. The van der Waals surface area contributed by atoms with Crippen molar-refractivity contribution in [2.75, 3.05) is 13.1 Å². The highest BCUT2D eigenvalue weighted by atomic mass is 16.5. The zero-order valence-electron chi connectivity index (χ0n) is 19.3. The Labute approximate surface area is 186 Å². The Bertz CT molecular complexity index is 768. The summed E-state index contributed by atoms with van der Waals surface area (Å²) in [6.45, 7) is 6.87. The second-order valence-corrected chi connectivity index (χ2v) is 10.7. The SMILES string of the molecule is CC(Oc1ccccc1C(C)C)C(=O)NCCNC(=O)CC12CC3CC(CC(C3)C1)C2. The third-order valence-electron chi connectivity index (χ3n) is 7.66. The van der Waals surface area contributed by atoms with Crippen LogP contribution in [0.5, 0.6) is 5.75 Å². The molecule has 5 rings (SSSR count). The number of hydrogen-bond acceptors (Lipinski definition) is 3. The predicted molar refractivity (Wildman–Crippen MR) is 122 cm³/mol. The van der Waals surface area contributed by atoms with Gasteiger partial charge in [0.25, 0.3) is 5.91 Å². The van der Waals surface area contributed by atoms with E-state index in [4.69, 9.17) is 4.74 Å². The van der Waals surface area contributed by atoms with Gasteiger partial charge in [0.15, 0.2) is 6.10 Å². The van der Waals surface area contributed by atoms with Crippen LogP contribution in [0.3, 0.4) is 0 Å². The van der Waals surface area contributed by atoms with Crippen molar-refractivity contribution in [3.05, 3.63) is 29.8 Å². The van der Waals surface area contributed by atoms with Crippen LogP contribution in [0.4, 0.5) is 0 Å². The van der Waals surface area contributed by atoms with Crippen LogP contribution in [0.15, 0.2) is 24.3 Å². The number of nitrogens with one attached hydrogen (secondary N) is 2. The van der Waals surface area contributed by atoms with E-state index in [1.807, 2.05) is 24.3 Å². The predicted octanol–water partition coefficient (Wildman–Crippen LogP) is 4.42. The van der Waals surface area contributed by atoms with E-state index in [1.54, 1.807) is 6.92 Å². The molecular formula is C26H38N2O3. The van der Waals surface area contributed by atoms with Crippen LogP contribution in [0, 0.1) is 23.2 Å². The maximum atomic E-state index is 12.6. The largest absolute Gasteiger partial charge is 0.481 e. The Morgan fingerprint density at radius 2 is 1.55 bits per heavy atom. The molecule has 5 heteroatoms. The molecule has 0 aromatic heterocycles. The second-order valence-electron chi connectivity index (χ2n) is 10.7. The summed E-state index contributed by atoms with van der Waals surface area (Å²) >= 11 is 0. The molecule has 4 aliphatic carbocycles. The first-order valence-electron chi connectivity index (χ1n) is 12.1. The van der Waals surface area contributed by atoms with Crippen molar-refractivity contribution < 1.29 is 14.3 Å². The van der Waals surface area contributed by atoms with E-state index in [-0.39, 0.29) is 17.2 Å². The van der Waals surface area contributed by atoms with E-state index in [0.717, 1.165) is 29.1 Å². The van der Waals surface area contributed by atoms with Crippen LogP contribution in [-0.4, -0.2) is 31.0 Å². The number of para-hydroxylation sites is 1. The molecule has 1 aromatic rings. The third kappa shape index (κ3) is 5.24. The highest BCUT2D eigenvalue weighted by Gasteiger charge is 2.51. The Kier molecular flexibility index (Phi) is 6.59. The topological polar surface area (TPSA) is 67.4 Å². The van der Waals surface area contributed by atoms with E-state index in [2.05, 4.69) is 24.5 Å². The summed E-state index contributed by atoms with van der Waals surface area (Å²) in [5.74, 6) is 3.65. The van der Waals surface area contributed by atoms with E-state index < -0.39 is 6.10 Å². The molecule has 5 nitrogen and oxygen atoms in total. The van der Waals surface area contributed by atoms with Crippen LogP contribution in [0.25, 0.3) is 0 Å². The van der Waals surface area contributed by atoms with Gasteiger partial charge < -0.3 is 15.4 Å². The van der Waals surface area contributed by atoms with Crippen LogP contribution >= 0.6 is 0 Å². The van der Waals surface area contributed by atoms with E-state index >= 15 is 0 Å². The van der Waals surface area contributed by atoms with Gasteiger partial charge in [0, 0.05) is 19.5 Å². The fourth-order valence-corrected chi connectivity index (χ4v) is 6.75. The molecule has 0 aliphatic heterocycles. The van der Waals surface area contributed by atoms with E-state index in [1.165, 1.54) is 38.5 Å². The van der Waals surface area contributed by atoms with Gasteiger partial charge in [-0.3, -0.25) is 9.59 Å². The maximum absolute atomic E-state index is 12.6. The molecule has 4 saturated carbocycles. The van der Waals surface area contributed by atoms with Gasteiger partial charge in [-0.2, -0.15) is 0 Å². The van der Waals surface area contributed by atoms with Gasteiger partial charge >= 0.3 is 0 Å². The lowest BCUT2D eigenvalue weighted by Crippen LogP contribution is -2.48. The number of amides is 2. The number of rotatable bonds is 9. The van der Waals surface area contributed by atoms with Crippen molar-refractivity contribution in [1.82, 2.24) is 10.6 Å². The Morgan fingerprint density at radius 1 is 0.968 bits per heavy atom. The fraction of sp³-hybridized carbons (Fsp3) is 0.692. The zero-order chi connectivity index (χ0) is 22.0. The van der Waals surface area contributed by atoms with Gasteiger partial charge in [-0.1, -0.05) is 32.0 Å². The molecule has 0 heterocycles. The van der Waals surface area contributed by atoms with Crippen molar-refractivity contribution in [1.29, 1.82) is 0 Å².